The van der Waals surface area contributed by atoms with Gasteiger partial charge in [0.25, 0.3) is 0 Å². The zero-order valence-corrected chi connectivity index (χ0v) is 19.2. The van der Waals surface area contributed by atoms with E-state index in [-0.39, 0.29) is 16.9 Å². The molecule has 3 rings (SSSR count). The van der Waals surface area contributed by atoms with Crippen LogP contribution in [0.25, 0.3) is 22.1 Å². The lowest BCUT2D eigenvalue weighted by atomic mass is 9.92. The monoisotopic (exact) mass is 476 g/mol. The molecule has 0 amide bonds. The summed E-state index contributed by atoms with van der Waals surface area (Å²) in [5.74, 6) is 0.105. The molecule has 34 heavy (non-hydrogen) atoms. The van der Waals surface area contributed by atoms with Crippen LogP contribution in [-0.4, -0.2) is 30.8 Å². The molecule has 0 aliphatic heterocycles. The van der Waals surface area contributed by atoms with E-state index in [0.29, 0.717) is 10.9 Å². The fourth-order valence-electron chi connectivity index (χ4n) is 3.31. The molecule has 1 heterocycles. The molecule has 0 fully saturated rings. The first-order chi connectivity index (χ1) is 15.9. The van der Waals surface area contributed by atoms with Crippen molar-refractivity contribution in [2.45, 2.75) is 39.7 Å². The molecule has 0 aliphatic carbocycles. The standard InChI is InChI=1S/C26H27F3O5/c1-5-17-8-6-7-9-20(17)21-12-18-10-11-19(13-22(18)34-24(21)31)32-14-25(4,26(27,28)29)15-33-23(30)16(2)3/h6-13,23,30H,2,5,14-15H2,1,3-4H3. The number of halogens is 3. The van der Waals surface area contributed by atoms with Crippen LogP contribution in [0.15, 0.2) is 69.9 Å². The Morgan fingerprint density at radius 1 is 1.12 bits per heavy atom. The molecule has 182 valence electrons. The zero-order chi connectivity index (χ0) is 25.1. The number of alkyl halides is 3. The van der Waals surface area contributed by atoms with Crippen LogP contribution in [0.4, 0.5) is 13.2 Å². The molecule has 0 saturated heterocycles. The van der Waals surface area contributed by atoms with Crippen LogP contribution in [0.5, 0.6) is 5.75 Å². The number of aliphatic hydroxyl groups is 1. The number of aliphatic hydroxyl groups excluding tert-OH is 1. The van der Waals surface area contributed by atoms with Gasteiger partial charge in [-0.15, -0.1) is 0 Å². The summed E-state index contributed by atoms with van der Waals surface area (Å²) in [7, 11) is 0. The molecule has 3 aromatic rings. The van der Waals surface area contributed by atoms with E-state index in [4.69, 9.17) is 13.9 Å². The van der Waals surface area contributed by atoms with Crippen molar-refractivity contribution in [1.82, 2.24) is 0 Å². The Labute approximate surface area is 195 Å². The van der Waals surface area contributed by atoms with Gasteiger partial charge in [0.15, 0.2) is 6.29 Å². The van der Waals surface area contributed by atoms with Crippen LogP contribution in [0.1, 0.15) is 26.3 Å². The van der Waals surface area contributed by atoms with E-state index >= 15 is 0 Å². The van der Waals surface area contributed by atoms with Crippen molar-refractivity contribution in [2.75, 3.05) is 13.2 Å². The van der Waals surface area contributed by atoms with Gasteiger partial charge in [-0.3, -0.25) is 0 Å². The zero-order valence-electron chi connectivity index (χ0n) is 19.2. The van der Waals surface area contributed by atoms with E-state index in [9.17, 15) is 23.1 Å². The number of aryl methyl sites for hydroxylation is 1. The number of fused-ring (bicyclic) bond motifs is 1. The molecular weight excluding hydrogens is 449 g/mol. The van der Waals surface area contributed by atoms with Gasteiger partial charge in [0.1, 0.15) is 23.4 Å². The van der Waals surface area contributed by atoms with E-state index in [0.717, 1.165) is 24.5 Å². The maximum Gasteiger partial charge on any atom is 0.399 e. The van der Waals surface area contributed by atoms with Crippen molar-refractivity contribution < 1.29 is 32.2 Å². The highest BCUT2D eigenvalue weighted by atomic mass is 19.4. The minimum absolute atomic E-state index is 0.105. The molecule has 8 heteroatoms. The highest BCUT2D eigenvalue weighted by Crippen LogP contribution is 2.39. The Kier molecular flexibility index (Phi) is 7.53. The number of rotatable bonds is 9. The van der Waals surface area contributed by atoms with Crippen LogP contribution >= 0.6 is 0 Å². The van der Waals surface area contributed by atoms with E-state index in [2.05, 4.69) is 6.58 Å². The minimum atomic E-state index is -4.66. The van der Waals surface area contributed by atoms with Crippen LogP contribution in [0.2, 0.25) is 0 Å². The predicted molar refractivity (Wildman–Crippen MR) is 124 cm³/mol. The lowest BCUT2D eigenvalue weighted by Crippen LogP contribution is -2.45. The molecule has 1 N–H and O–H groups in total. The lowest BCUT2D eigenvalue weighted by molar-refractivity contribution is -0.253. The summed E-state index contributed by atoms with van der Waals surface area (Å²) in [5.41, 5.74) is -0.367. The van der Waals surface area contributed by atoms with Crippen molar-refractivity contribution in [3.63, 3.8) is 0 Å². The average Bonchev–Trinajstić information content (AvgIpc) is 2.79. The average molecular weight is 476 g/mol. The van der Waals surface area contributed by atoms with Gasteiger partial charge in [-0.05, 0) is 55.2 Å². The van der Waals surface area contributed by atoms with Crippen molar-refractivity contribution in [1.29, 1.82) is 0 Å². The number of benzene rings is 2. The van der Waals surface area contributed by atoms with Crippen molar-refractivity contribution in [3.8, 4) is 16.9 Å². The number of ether oxygens (including phenoxy) is 2. The van der Waals surface area contributed by atoms with E-state index in [1.165, 1.54) is 19.1 Å². The molecular formula is C26H27F3O5. The first kappa shape index (κ1) is 25.5. The SMILES string of the molecule is C=C(C)C(O)OCC(C)(COc1ccc2cc(-c3ccccc3CC)c(=O)oc2c1)C(F)(F)F. The van der Waals surface area contributed by atoms with Crippen molar-refractivity contribution in [3.05, 3.63) is 76.7 Å². The molecule has 1 aromatic heterocycles. The molecule has 2 aromatic carbocycles. The fraction of sp³-hybridized carbons (Fsp3) is 0.346. The summed E-state index contributed by atoms with van der Waals surface area (Å²) in [6.45, 7) is 6.24. The first-order valence-corrected chi connectivity index (χ1v) is 10.8. The second-order valence-electron chi connectivity index (χ2n) is 8.51. The highest BCUT2D eigenvalue weighted by molar-refractivity contribution is 5.83. The molecule has 0 saturated carbocycles. The summed E-state index contributed by atoms with van der Waals surface area (Å²) in [6, 6.07) is 13.7. The third kappa shape index (κ3) is 5.51. The quantitative estimate of drug-likeness (QED) is 0.237. The molecule has 0 radical (unpaired) electrons. The third-order valence-electron chi connectivity index (χ3n) is 5.62. The van der Waals surface area contributed by atoms with Gasteiger partial charge in [-0.25, -0.2) is 4.79 Å². The molecule has 0 spiro atoms. The topological polar surface area (TPSA) is 68.9 Å². The Balaban J connectivity index is 1.85. The smallest absolute Gasteiger partial charge is 0.399 e. The van der Waals surface area contributed by atoms with Gasteiger partial charge in [-0.1, -0.05) is 37.8 Å². The Hall–Kier alpha value is -3.10. The van der Waals surface area contributed by atoms with Crippen LogP contribution in [0.3, 0.4) is 0 Å². The molecule has 0 bridgehead atoms. The van der Waals surface area contributed by atoms with Crippen LogP contribution in [0, 0.1) is 5.41 Å². The van der Waals surface area contributed by atoms with Crippen molar-refractivity contribution >= 4 is 11.0 Å². The van der Waals surface area contributed by atoms with Gasteiger partial charge in [0.05, 0.1) is 12.2 Å². The van der Waals surface area contributed by atoms with Crippen LogP contribution in [-0.2, 0) is 11.2 Å². The van der Waals surface area contributed by atoms with Gasteiger partial charge in [0, 0.05) is 11.5 Å². The van der Waals surface area contributed by atoms with E-state index < -0.39 is 36.7 Å². The van der Waals surface area contributed by atoms with Gasteiger partial charge >= 0.3 is 11.8 Å². The fourth-order valence-corrected chi connectivity index (χ4v) is 3.31. The summed E-state index contributed by atoms with van der Waals surface area (Å²) < 4.78 is 57.0. The normalized spacial score (nSPS) is 14.6. The largest absolute Gasteiger partial charge is 0.492 e. The maximum absolute atomic E-state index is 13.7. The summed E-state index contributed by atoms with van der Waals surface area (Å²) >= 11 is 0. The van der Waals surface area contributed by atoms with Gasteiger partial charge in [-0.2, -0.15) is 13.2 Å². The second-order valence-corrected chi connectivity index (χ2v) is 8.51. The first-order valence-electron chi connectivity index (χ1n) is 10.8. The number of hydrogen-bond acceptors (Lipinski definition) is 5. The highest BCUT2D eigenvalue weighted by Gasteiger charge is 2.52. The third-order valence-corrected chi connectivity index (χ3v) is 5.62. The summed E-state index contributed by atoms with van der Waals surface area (Å²) in [5, 5.41) is 10.3. The Bertz CT molecular complexity index is 1230. The van der Waals surface area contributed by atoms with E-state index in [1.807, 2.05) is 31.2 Å². The molecule has 0 aliphatic rings. The summed E-state index contributed by atoms with van der Waals surface area (Å²) in [4.78, 5) is 12.7. The minimum Gasteiger partial charge on any atom is -0.492 e. The maximum atomic E-state index is 13.7. The second kappa shape index (κ2) is 10.0. The van der Waals surface area contributed by atoms with Gasteiger partial charge < -0.3 is 19.0 Å². The van der Waals surface area contributed by atoms with Crippen LogP contribution < -0.4 is 10.4 Å². The molecule has 5 nitrogen and oxygen atoms in total. The van der Waals surface area contributed by atoms with E-state index in [1.54, 1.807) is 12.1 Å². The van der Waals surface area contributed by atoms with Crippen molar-refractivity contribution in [2.24, 2.45) is 5.41 Å². The van der Waals surface area contributed by atoms with Gasteiger partial charge in [0.2, 0.25) is 0 Å². The Morgan fingerprint density at radius 2 is 1.82 bits per heavy atom. The predicted octanol–water partition coefficient (Wildman–Crippen LogP) is 5.88. The lowest BCUT2D eigenvalue weighted by Gasteiger charge is -2.32. The molecule has 2 unspecified atom stereocenters. The Morgan fingerprint density at radius 3 is 2.47 bits per heavy atom. The number of hydrogen-bond donors (Lipinski definition) is 1. The molecule has 2 atom stereocenters. The summed E-state index contributed by atoms with van der Waals surface area (Å²) in [6.07, 6.45) is -5.43.